The Morgan fingerprint density at radius 1 is 0.889 bits per heavy atom. The van der Waals surface area contributed by atoms with Crippen LogP contribution in [0.3, 0.4) is 0 Å². The van der Waals surface area contributed by atoms with Gasteiger partial charge in [-0.2, -0.15) is 0 Å². The quantitative estimate of drug-likeness (QED) is 0.178. The SMILES string of the molecule is CCC(C)NC(=O)C(Cc1ccccc1)N(Cc1cccc(Cl)c1)C(=O)CN(c1ccc(C)cc1)S(=O)(=O)c1ccc(F)cc1. The van der Waals surface area contributed by atoms with Crippen molar-refractivity contribution in [1.82, 2.24) is 10.2 Å². The van der Waals surface area contributed by atoms with Gasteiger partial charge in [0.2, 0.25) is 11.8 Å². The van der Waals surface area contributed by atoms with E-state index in [1.165, 1.54) is 4.90 Å². The molecule has 2 atom stereocenters. The lowest BCUT2D eigenvalue weighted by molar-refractivity contribution is -0.140. The molecule has 236 valence electrons. The van der Waals surface area contributed by atoms with Gasteiger partial charge in [-0.05, 0) is 79.9 Å². The maximum Gasteiger partial charge on any atom is 0.264 e. The lowest BCUT2D eigenvalue weighted by Crippen LogP contribution is -2.54. The summed E-state index contributed by atoms with van der Waals surface area (Å²) in [6.07, 6.45) is 0.883. The number of hydrogen-bond acceptors (Lipinski definition) is 4. The number of aryl methyl sites for hydroxylation is 1. The van der Waals surface area contributed by atoms with Gasteiger partial charge in [0, 0.05) is 24.0 Å². The van der Waals surface area contributed by atoms with Crippen molar-refractivity contribution in [3.05, 3.63) is 131 Å². The smallest absolute Gasteiger partial charge is 0.264 e. The van der Waals surface area contributed by atoms with E-state index >= 15 is 0 Å². The molecule has 2 amide bonds. The first kappa shape index (κ1) is 33.7. The van der Waals surface area contributed by atoms with Crippen LogP contribution in [0.25, 0.3) is 0 Å². The molecule has 0 radical (unpaired) electrons. The normalized spacial score (nSPS) is 12.6. The molecule has 10 heteroatoms. The Balaban J connectivity index is 1.80. The van der Waals surface area contributed by atoms with Crippen LogP contribution in [0.1, 0.15) is 37.0 Å². The number of carbonyl (C=O) groups excluding carboxylic acids is 2. The fraction of sp³-hybridized carbons (Fsp3) is 0.257. The van der Waals surface area contributed by atoms with Crippen LogP contribution >= 0.6 is 11.6 Å². The number of rotatable bonds is 13. The van der Waals surface area contributed by atoms with Crippen LogP contribution < -0.4 is 9.62 Å². The molecule has 0 saturated carbocycles. The van der Waals surface area contributed by atoms with E-state index in [0.717, 1.165) is 39.7 Å². The summed E-state index contributed by atoms with van der Waals surface area (Å²) in [5.41, 5.74) is 2.66. The third-order valence-electron chi connectivity index (χ3n) is 7.52. The van der Waals surface area contributed by atoms with Gasteiger partial charge in [0.25, 0.3) is 10.0 Å². The van der Waals surface area contributed by atoms with Gasteiger partial charge >= 0.3 is 0 Å². The molecule has 1 N–H and O–H groups in total. The first-order chi connectivity index (χ1) is 21.5. The van der Waals surface area contributed by atoms with Crippen LogP contribution in [-0.2, 0) is 32.6 Å². The van der Waals surface area contributed by atoms with E-state index < -0.39 is 34.3 Å². The Morgan fingerprint density at radius 3 is 2.16 bits per heavy atom. The Hall–Kier alpha value is -4.21. The topological polar surface area (TPSA) is 86.8 Å². The standard InChI is InChI=1S/C35H37ClFN3O4S/c1-4-26(3)38-35(42)33(22-27-9-6-5-7-10-27)39(23-28-11-8-12-29(36)21-28)34(41)24-40(31-17-13-25(2)14-18-31)45(43,44)32-19-15-30(37)16-20-32/h5-21,26,33H,4,22-24H2,1-3H3,(H,38,42). The summed E-state index contributed by atoms with van der Waals surface area (Å²) in [5.74, 6) is -1.54. The van der Waals surface area contributed by atoms with Gasteiger partial charge in [0.1, 0.15) is 18.4 Å². The number of hydrogen-bond donors (Lipinski definition) is 1. The summed E-state index contributed by atoms with van der Waals surface area (Å²) < 4.78 is 42.7. The van der Waals surface area contributed by atoms with Crippen molar-refractivity contribution in [3.8, 4) is 0 Å². The minimum Gasteiger partial charge on any atom is -0.352 e. The molecule has 2 unspecified atom stereocenters. The summed E-state index contributed by atoms with van der Waals surface area (Å²) in [7, 11) is -4.32. The lowest BCUT2D eigenvalue weighted by atomic mass is 10.0. The van der Waals surface area contributed by atoms with Crippen LogP contribution in [0.4, 0.5) is 10.1 Å². The Kier molecular flexibility index (Phi) is 11.4. The van der Waals surface area contributed by atoms with E-state index in [1.807, 2.05) is 51.1 Å². The molecule has 7 nitrogen and oxygen atoms in total. The van der Waals surface area contributed by atoms with Gasteiger partial charge in [-0.1, -0.05) is 78.7 Å². The first-order valence-corrected chi connectivity index (χ1v) is 16.5. The monoisotopic (exact) mass is 649 g/mol. The fourth-order valence-electron chi connectivity index (χ4n) is 4.80. The van der Waals surface area contributed by atoms with Gasteiger partial charge in [0.05, 0.1) is 10.6 Å². The van der Waals surface area contributed by atoms with E-state index in [9.17, 15) is 22.4 Å². The van der Waals surface area contributed by atoms with Crippen molar-refractivity contribution in [2.75, 3.05) is 10.8 Å². The highest BCUT2D eigenvalue weighted by atomic mass is 35.5. The second kappa shape index (κ2) is 15.2. The van der Waals surface area contributed by atoms with Crippen molar-refractivity contribution >= 4 is 39.1 Å². The molecule has 0 aliphatic rings. The van der Waals surface area contributed by atoms with E-state index in [-0.39, 0.29) is 35.5 Å². The van der Waals surface area contributed by atoms with Gasteiger partial charge in [-0.25, -0.2) is 12.8 Å². The molecule has 4 rings (SSSR count). The molecule has 45 heavy (non-hydrogen) atoms. The molecule has 4 aromatic carbocycles. The number of halogens is 2. The highest BCUT2D eigenvalue weighted by Gasteiger charge is 2.35. The van der Waals surface area contributed by atoms with Gasteiger partial charge in [0.15, 0.2) is 0 Å². The molecule has 0 aliphatic carbocycles. The van der Waals surface area contributed by atoms with Gasteiger partial charge in [-0.3, -0.25) is 13.9 Å². The van der Waals surface area contributed by atoms with Crippen LogP contribution in [-0.4, -0.2) is 43.8 Å². The minimum absolute atomic E-state index is 0.00313. The molecular formula is C35H37ClFN3O4S. The molecule has 0 saturated heterocycles. The zero-order valence-electron chi connectivity index (χ0n) is 25.5. The fourth-order valence-corrected chi connectivity index (χ4v) is 6.43. The predicted molar refractivity (Wildman–Crippen MR) is 176 cm³/mol. The Morgan fingerprint density at radius 2 is 1.53 bits per heavy atom. The molecule has 0 aliphatic heterocycles. The molecular weight excluding hydrogens is 613 g/mol. The van der Waals surface area contributed by atoms with E-state index in [2.05, 4.69) is 5.32 Å². The summed E-state index contributed by atoms with van der Waals surface area (Å²) in [6, 6.07) is 26.3. The Labute approximate surface area is 269 Å². The number of anilines is 1. The van der Waals surface area contributed by atoms with E-state index in [4.69, 9.17) is 11.6 Å². The van der Waals surface area contributed by atoms with Crippen molar-refractivity contribution in [2.45, 2.75) is 57.1 Å². The molecule has 0 heterocycles. The zero-order chi connectivity index (χ0) is 32.6. The molecule has 4 aromatic rings. The number of sulfonamides is 1. The van der Waals surface area contributed by atoms with Crippen molar-refractivity contribution in [1.29, 1.82) is 0 Å². The molecule has 0 bridgehead atoms. The highest BCUT2D eigenvalue weighted by molar-refractivity contribution is 7.92. The number of carbonyl (C=O) groups is 2. The lowest BCUT2D eigenvalue weighted by Gasteiger charge is -2.34. The number of amides is 2. The van der Waals surface area contributed by atoms with E-state index in [0.29, 0.717) is 17.0 Å². The average Bonchev–Trinajstić information content (AvgIpc) is 3.02. The Bertz CT molecular complexity index is 1700. The van der Waals surface area contributed by atoms with Gasteiger partial charge < -0.3 is 10.2 Å². The third-order valence-corrected chi connectivity index (χ3v) is 9.54. The summed E-state index contributed by atoms with van der Waals surface area (Å²) in [5, 5.41) is 3.47. The number of benzene rings is 4. The first-order valence-electron chi connectivity index (χ1n) is 14.7. The van der Waals surface area contributed by atoms with Crippen molar-refractivity contribution in [3.63, 3.8) is 0 Å². The van der Waals surface area contributed by atoms with Crippen LogP contribution in [0.5, 0.6) is 0 Å². The predicted octanol–water partition coefficient (Wildman–Crippen LogP) is 6.54. The maximum atomic E-state index is 14.5. The zero-order valence-corrected chi connectivity index (χ0v) is 27.1. The number of nitrogens with zero attached hydrogens (tertiary/aromatic N) is 2. The highest BCUT2D eigenvalue weighted by Crippen LogP contribution is 2.26. The molecule has 0 fully saturated rings. The van der Waals surface area contributed by atoms with Crippen LogP contribution in [0.2, 0.25) is 5.02 Å². The largest absolute Gasteiger partial charge is 0.352 e. The molecule has 0 spiro atoms. The van der Waals surface area contributed by atoms with E-state index in [1.54, 1.807) is 48.5 Å². The second-order valence-electron chi connectivity index (χ2n) is 11.0. The summed E-state index contributed by atoms with van der Waals surface area (Å²) in [6.45, 7) is 5.10. The van der Waals surface area contributed by atoms with Crippen LogP contribution in [0.15, 0.2) is 108 Å². The minimum atomic E-state index is -4.32. The van der Waals surface area contributed by atoms with Crippen LogP contribution in [0, 0.1) is 12.7 Å². The molecule has 0 aromatic heterocycles. The number of nitrogens with one attached hydrogen (secondary N) is 1. The summed E-state index contributed by atoms with van der Waals surface area (Å²) in [4.78, 5) is 29.6. The van der Waals surface area contributed by atoms with Crippen molar-refractivity contribution < 1.29 is 22.4 Å². The average molecular weight is 650 g/mol. The van der Waals surface area contributed by atoms with Gasteiger partial charge in [-0.15, -0.1) is 0 Å². The third kappa shape index (κ3) is 8.93. The maximum absolute atomic E-state index is 14.5. The second-order valence-corrected chi connectivity index (χ2v) is 13.3. The summed E-state index contributed by atoms with van der Waals surface area (Å²) >= 11 is 6.29. The van der Waals surface area contributed by atoms with Crippen molar-refractivity contribution in [2.24, 2.45) is 0 Å².